The van der Waals surface area contributed by atoms with Gasteiger partial charge in [-0.05, 0) is 19.1 Å². The van der Waals surface area contributed by atoms with Gasteiger partial charge < -0.3 is 5.73 Å². The Labute approximate surface area is 117 Å². The van der Waals surface area contributed by atoms with Crippen LogP contribution in [0.2, 0.25) is 0 Å². The van der Waals surface area contributed by atoms with E-state index in [1.165, 1.54) is 27.4 Å². The summed E-state index contributed by atoms with van der Waals surface area (Å²) in [5.41, 5.74) is 6.53. The van der Waals surface area contributed by atoms with E-state index in [2.05, 4.69) is 10.1 Å². The fourth-order valence-electron chi connectivity index (χ4n) is 2.44. The van der Waals surface area contributed by atoms with E-state index in [4.69, 9.17) is 5.73 Å². The summed E-state index contributed by atoms with van der Waals surface area (Å²) in [6.07, 6.45) is -4.48. The predicted molar refractivity (Wildman–Crippen MR) is 72.0 cm³/mol. The molecule has 0 unspecified atom stereocenters. The van der Waals surface area contributed by atoms with Crippen LogP contribution in [-0.2, 0) is 13.2 Å². The van der Waals surface area contributed by atoms with Crippen LogP contribution < -0.4 is 5.73 Å². The molecule has 110 valence electrons. The molecule has 0 aliphatic rings. The predicted octanol–water partition coefficient (Wildman–Crippen LogP) is 2.67. The van der Waals surface area contributed by atoms with Gasteiger partial charge in [0.25, 0.3) is 0 Å². The highest BCUT2D eigenvalue weighted by Gasteiger charge is 2.34. The topological polar surface area (TPSA) is 61.7 Å². The third kappa shape index (κ3) is 1.94. The van der Waals surface area contributed by atoms with Gasteiger partial charge >= 0.3 is 6.18 Å². The van der Waals surface area contributed by atoms with Gasteiger partial charge in [-0.25, -0.2) is 9.67 Å². The number of aromatic nitrogens is 4. The summed E-state index contributed by atoms with van der Waals surface area (Å²) in [7, 11) is 1.64. The molecule has 2 heterocycles. The number of anilines is 1. The number of aryl methyl sites for hydroxylation is 2. The van der Waals surface area contributed by atoms with Crippen molar-refractivity contribution in [1.82, 2.24) is 19.3 Å². The minimum atomic E-state index is -4.48. The third-order valence-corrected chi connectivity index (χ3v) is 3.28. The number of nitrogens with zero attached hydrogens (tertiary/aromatic N) is 4. The molecule has 3 aromatic rings. The van der Waals surface area contributed by atoms with Crippen molar-refractivity contribution in [3.63, 3.8) is 0 Å². The Morgan fingerprint density at radius 3 is 2.52 bits per heavy atom. The molecule has 0 saturated heterocycles. The second-order valence-electron chi connectivity index (χ2n) is 4.70. The van der Waals surface area contributed by atoms with Crippen LogP contribution in [-0.4, -0.2) is 19.3 Å². The number of nitrogens with two attached hydrogens (primary N) is 1. The number of halogens is 3. The summed E-state index contributed by atoms with van der Waals surface area (Å²) in [6.45, 7) is 1.73. The normalized spacial score (nSPS) is 12.2. The number of rotatable bonds is 1. The monoisotopic (exact) mass is 295 g/mol. The molecular formula is C13H12F3N5. The Bertz CT molecular complexity index is 828. The summed E-state index contributed by atoms with van der Waals surface area (Å²) in [5.74, 6) is -0.00204. The van der Waals surface area contributed by atoms with Crippen molar-refractivity contribution in [1.29, 1.82) is 0 Å². The van der Waals surface area contributed by atoms with E-state index >= 15 is 0 Å². The van der Waals surface area contributed by atoms with Gasteiger partial charge in [0.1, 0.15) is 5.52 Å². The lowest BCUT2D eigenvalue weighted by Crippen LogP contribution is -2.13. The van der Waals surface area contributed by atoms with E-state index in [0.29, 0.717) is 16.9 Å². The largest absolute Gasteiger partial charge is 0.418 e. The number of imidazole rings is 1. The maximum Gasteiger partial charge on any atom is 0.418 e. The van der Waals surface area contributed by atoms with Gasteiger partial charge in [-0.1, -0.05) is 12.1 Å². The SMILES string of the molecule is Cc1nn(C)c2c1nc(N)n2-c1ccccc1C(F)(F)F. The van der Waals surface area contributed by atoms with E-state index in [0.717, 1.165) is 6.07 Å². The second kappa shape index (κ2) is 4.24. The fraction of sp³-hybridized carbons (Fsp3) is 0.231. The number of nitrogen functional groups attached to an aromatic ring is 1. The van der Waals surface area contributed by atoms with Gasteiger partial charge in [0.15, 0.2) is 5.65 Å². The van der Waals surface area contributed by atoms with Crippen molar-refractivity contribution < 1.29 is 13.2 Å². The molecule has 0 saturated carbocycles. The molecular weight excluding hydrogens is 283 g/mol. The van der Waals surface area contributed by atoms with Gasteiger partial charge in [-0.3, -0.25) is 4.57 Å². The minimum Gasteiger partial charge on any atom is -0.369 e. The molecule has 0 aliphatic heterocycles. The number of fused-ring (bicyclic) bond motifs is 1. The van der Waals surface area contributed by atoms with E-state index in [-0.39, 0.29) is 11.6 Å². The highest BCUT2D eigenvalue weighted by Crippen LogP contribution is 2.36. The van der Waals surface area contributed by atoms with Gasteiger partial charge in [0.2, 0.25) is 5.95 Å². The molecule has 0 bridgehead atoms. The molecule has 2 N–H and O–H groups in total. The first kappa shape index (κ1) is 13.5. The molecule has 3 rings (SSSR count). The molecule has 21 heavy (non-hydrogen) atoms. The molecule has 8 heteroatoms. The average Bonchev–Trinajstić information content (AvgIpc) is 2.87. The van der Waals surface area contributed by atoms with Gasteiger partial charge in [0, 0.05) is 7.05 Å². The van der Waals surface area contributed by atoms with Crippen LogP contribution in [0, 0.1) is 6.92 Å². The van der Waals surface area contributed by atoms with E-state index in [9.17, 15) is 13.2 Å². The van der Waals surface area contributed by atoms with Crippen molar-refractivity contribution >= 4 is 17.1 Å². The van der Waals surface area contributed by atoms with Crippen molar-refractivity contribution in [3.8, 4) is 5.69 Å². The van der Waals surface area contributed by atoms with Gasteiger partial charge in [-0.2, -0.15) is 18.3 Å². The Kier molecular flexibility index (Phi) is 2.72. The van der Waals surface area contributed by atoms with Crippen LogP contribution >= 0.6 is 0 Å². The smallest absolute Gasteiger partial charge is 0.369 e. The second-order valence-corrected chi connectivity index (χ2v) is 4.70. The number of hydrogen-bond donors (Lipinski definition) is 1. The molecule has 1 aromatic carbocycles. The van der Waals surface area contributed by atoms with Crippen LogP contribution in [0.15, 0.2) is 24.3 Å². The highest BCUT2D eigenvalue weighted by atomic mass is 19.4. The molecule has 0 spiro atoms. The highest BCUT2D eigenvalue weighted by molar-refractivity contribution is 5.80. The molecule has 2 aromatic heterocycles. The zero-order valence-corrected chi connectivity index (χ0v) is 11.3. The van der Waals surface area contributed by atoms with Crippen molar-refractivity contribution in [2.45, 2.75) is 13.1 Å². The first-order valence-electron chi connectivity index (χ1n) is 6.15. The molecule has 0 radical (unpaired) electrons. The van der Waals surface area contributed by atoms with Crippen LogP contribution in [0.25, 0.3) is 16.9 Å². The van der Waals surface area contributed by atoms with E-state index < -0.39 is 11.7 Å². The number of benzene rings is 1. The van der Waals surface area contributed by atoms with E-state index in [1.807, 2.05) is 0 Å². The Morgan fingerprint density at radius 2 is 1.86 bits per heavy atom. The molecule has 0 amide bonds. The third-order valence-electron chi connectivity index (χ3n) is 3.28. The standard InChI is InChI=1S/C13H12F3N5/c1-7-10-11(20(2)19-7)21(12(17)18-10)9-6-4-3-5-8(9)13(14,15)16/h3-6H,1-2H3,(H2,17,18). The number of alkyl halides is 3. The zero-order valence-electron chi connectivity index (χ0n) is 11.3. The van der Waals surface area contributed by atoms with Crippen molar-refractivity contribution in [3.05, 3.63) is 35.5 Å². The van der Waals surface area contributed by atoms with E-state index in [1.54, 1.807) is 14.0 Å². The van der Waals surface area contributed by atoms with Crippen LogP contribution in [0.5, 0.6) is 0 Å². The number of hydrogen-bond acceptors (Lipinski definition) is 3. The average molecular weight is 295 g/mol. The lowest BCUT2D eigenvalue weighted by molar-refractivity contribution is -0.137. The summed E-state index contributed by atoms with van der Waals surface area (Å²) in [6, 6.07) is 5.25. The van der Waals surface area contributed by atoms with Gasteiger partial charge in [0.05, 0.1) is 16.9 Å². The van der Waals surface area contributed by atoms with Crippen molar-refractivity contribution in [2.24, 2.45) is 7.05 Å². The summed E-state index contributed by atoms with van der Waals surface area (Å²) in [4.78, 5) is 4.12. The van der Waals surface area contributed by atoms with Crippen LogP contribution in [0.3, 0.4) is 0 Å². The quantitative estimate of drug-likeness (QED) is 0.750. The molecule has 5 nitrogen and oxygen atoms in total. The van der Waals surface area contributed by atoms with Gasteiger partial charge in [-0.15, -0.1) is 0 Å². The lowest BCUT2D eigenvalue weighted by atomic mass is 10.1. The lowest BCUT2D eigenvalue weighted by Gasteiger charge is -2.14. The summed E-state index contributed by atoms with van der Waals surface area (Å²) >= 11 is 0. The Hall–Kier alpha value is -2.51. The molecule has 0 fully saturated rings. The Morgan fingerprint density at radius 1 is 1.19 bits per heavy atom. The summed E-state index contributed by atoms with van der Waals surface area (Å²) < 4.78 is 42.3. The first-order chi connectivity index (χ1) is 9.80. The summed E-state index contributed by atoms with van der Waals surface area (Å²) in [5, 5.41) is 4.17. The van der Waals surface area contributed by atoms with Crippen molar-refractivity contribution in [2.75, 3.05) is 5.73 Å². The van der Waals surface area contributed by atoms with Crippen LogP contribution in [0.1, 0.15) is 11.3 Å². The Balaban J connectivity index is 2.39. The number of para-hydroxylation sites is 1. The maximum atomic E-state index is 13.2. The maximum absolute atomic E-state index is 13.2. The molecule has 0 atom stereocenters. The fourth-order valence-corrected chi connectivity index (χ4v) is 2.44. The first-order valence-corrected chi connectivity index (χ1v) is 6.15. The molecule has 0 aliphatic carbocycles. The van der Waals surface area contributed by atoms with Crippen LogP contribution in [0.4, 0.5) is 19.1 Å². The minimum absolute atomic E-state index is 0.00204. The zero-order chi connectivity index (χ0) is 15.4.